The van der Waals surface area contributed by atoms with Gasteiger partial charge >= 0.3 is 0 Å². The molecule has 2 aromatic heterocycles. The molecule has 0 fully saturated rings. The Balaban J connectivity index is 2.19. The van der Waals surface area contributed by atoms with Crippen LogP contribution in [-0.4, -0.2) is 30.2 Å². The van der Waals surface area contributed by atoms with Gasteiger partial charge in [0.05, 0.1) is 12.1 Å². The van der Waals surface area contributed by atoms with Crippen molar-refractivity contribution in [1.82, 2.24) is 24.3 Å². The molecule has 0 aliphatic carbocycles. The Morgan fingerprint density at radius 2 is 2.05 bits per heavy atom. The topological polar surface area (TPSA) is 48.5 Å². The summed E-state index contributed by atoms with van der Waals surface area (Å²) in [6.07, 6.45) is 2.00. The van der Waals surface area contributed by atoms with Crippen molar-refractivity contribution in [2.45, 2.75) is 13.0 Å². The molecule has 0 saturated carbocycles. The molecule has 0 saturated heterocycles. The van der Waals surface area contributed by atoms with Crippen LogP contribution in [0.25, 0.3) is 11.0 Å². The molecular weight excluding hydrogens is 300 g/mol. The third kappa shape index (κ3) is 2.37. The van der Waals surface area contributed by atoms with E-state index < -0.39 is 11.6 Å². The standard InChI is InChI=1S/C13H12ClF2N5/c1-20-7-17-19-11(20)6-21-10(4-5-14)18-9-3-2-8(15)12(16)13(9)21/h2-3,7H,4-6H2,1H3. The molecule has 0 unspecified atom stereocenters. The van der Waals surface area contributed by atoms with Crippen LogP contribution in [-0.2, 0) is 20.0 Å². The highest BCUT2D eigenvalue weighted by molar-refractivity contribution is 6.17. The number of nitrogens with zero attached hydrogens (tertiary/aromatic N) is 5. The van der Waals surface area contributed by atoms with Gasteiger partial charge in [0.15, 0.2) is 17.5 Å². The lowest BCUT2D eigenvalue weighted by Gasteiger charge is -2.08. The average molecular weight is 312 g/mol. The Hall–Kier alpha value is -2.02. The SMILES string of the molecule is Cn1cnnc1Cn1c(CCCl)nc2ccc(F)c(F)c21. The van der Waals surface area contributed by atoms with Gasteiger partial charge in [0.25, 0.3) is 0 Å². The van der Waals surface area contributed by atoms with E-state index in [1.54, 1.807) is 22.5 Å². The third-order valence-electron chi connectivity index (χ3n) is 3.30. The van der Waals surface area contributed by atoms with E-state index in [4.69, 9.17) is 11.6 Å². The summed E-state index contributed by atoms with van der Waals surface area (Å²) >= 11 is 5.77. The molecule has 0 spiro atoms. The second-order valence-electron chi connectivity index (χ2n) is 4.64. The van der Waals surface area contributed by atoms with Crippen molar-refractivity contribution in [3.05, 3.63) is 41.7 Å². The Morgan fingerprint density at radius 3 is 2.71 bits per heavy atom. The quantitative estimate of drug-likeness (QED) is 0.695. The second kappa shape index (κ2) is 5.40. The molecule has 0 N–H and O–H groups in total. The van der Waals surface area contributed by atoms with E-state index in [0.717, 1.165) is 6.07 Å². The molecule has 3 rings (SSSR count). The Bertz CT molecular complexity index is 795. The Labute approximate surface area is 124 Å². The average Bonchev–Trinajstić information content (AvgIpc) is 3.01. The summed E-state index contributed by atoms with van der Waals surface area (Å²) in [5.41, 5.74) is 0.523. The van der Waals surface area contributed by atoms with Crippen LogP contribution in [0.5, 0.6) is 0 Å². The van der Waals surface area contributed by atoms with E-state index in [0.29, 0.717) is 29.5 Å². The first-order valence-electron chi connectivity index (χ1n) is 6.33. The lowest BCUT2D eigenvalue weighted by molar-refractivity contribution is 0.511. The van der Waals surface area contributed by atoms with Crippen LogP contribution in [0.4, 0.5) is 8.78 Å². The lowest BCUT2D eigenvalue weighted by atomic mass is 10.3. The molecule has 0 aliphatic rings. The third-order valence-corrected chi connectivity index (χ3v) is 3.49. The highest BCUT2D eigenvalue weighted by atomic mass is 35.5. The number of aryl methyl sites for hydroxylation is 2. The normalized spacial score (nSPS) is 11.4. The summed E-state index contributed by atoms with van der Waals surface area (Å²) in [6.45, 7) is 0.250. The molecule has 0 aliphatic heterocycles. The number of benzene rings is 1. The van der Waals surface area contributed by atoms with Crippen LogP contribution in [0, 0.1) is 11.6 Å². The van der Waals surface area contributed by atoms with Crippen molar-refractivity contribution < 1.29 is 8.78 Å². The summed E-state index contributed by atoms with van der Waals surface area (Å²) in [4.78, 5) is 4.33. The Morgan fingerprint density at radius 1 is 1.24 bits per heavy atom. The first-order valence-corrected chi connectivity index (χ1v) is 6.87. The fraction of sp³-hybridized carbons (Fsp3) is 0.308. The first kappa shape index (κ1) is 13.9. The second-order valence-corrected chi connectivity index (χ2v) is 5.02. The number of alkyl halides is 1. The number of hydrogen-bond acceptors (Lipinski definition) is 3. The summed E-state index contributed by atoms with van der Waals surface area (Å²) in [7, 11) is 1.78. The molecule has 0 bridgehead atoms. The van der Waals surface area contributed by atoms with Crippen molar-refractivity contribution in [3.8, 4) is 0 Å². The van der Waals surface area contributed by atoms with E-state index in [-0.39, 0.29) is 12.1 Å². The highest BCUT2D eigenvalue weighted by Gasteiger charge is 2.18. The van der Waals surface area contributed by atoms with Gasteiger partial charge in [0, 0.05) is 19.3 Å². The van der Waals surface area contributed by atoms with Gasteiger partial charge in [-0.3, -0.25) is 0 Å². The van der Waals surface area contributed by atoms with E-state index in [2.05, 4.69) is 15.2 Å². The predicted octanol–water partition coefficient (Wildman–Crippen LogP) is 2.27. The van der Waals surface area contributed by atoms with Crippen molar-refractivity contribution in [3.63, 3.8) is 0 Å². The van der Waals surface area contributed by atoms with Crippen LogP contribution in [0.15, 0.2) is 18.5 Å². The van der Waals surface area contributed by atoms with Gasteiger partial charge in [-0.25, -0.2) is 13.8 Å². The molecule has 21 heavy (non-hydrogen) atoms. The van der Waals surface area contributed by atoms with Crippen molar-refractivity contribution in [2.75, 3.05) is 5.88 Å². The lowest BCUT2D eigenvalue weighted by Crippen LogP contribution is -2.10. The van der Waals surface area contributed by atoms with Crippen LogP contribution < -0.4 is 0 Å². The number of imidazole rings is 1. The maximum atomic E-state index is 14.1. The van der Waals surface area contributed by atoms with Crippen LogP contribution in [0.2, 0.25) is 0 Å². The number of aromatic nitrogens is 5. The monoisotopic (exact) mass is 311 g/mol. The number of hydrogen-bond donors (Lipinski definition) is 0. The fourth-order valence-electron chi connectivity index (χ4n) is 2.24. The summed E-state index contributed by atoms with van der Waals surface area (Å²) < 4.78 is 30.9. The summed E-state index contributed by atoms with van der Waals surface area (Å²) in [5.74, 6) is -0.269. The first-order chi connectivity index (χ1) is 10.1. The minimum Gasteiger partial charge on any atom is -0.319 e. The highest BCUT2D eigenvalue weighted by Crippen LogP contribution is 2.23. The Kier molecular flexibility index (Phi) is 3.59. The maximum Gasteiger partial charge on any atom is 0.184 e. The molecule has 0 atom stereocenters. The zero-order valence-electron chi connectivity index (χ0n) is 11.2. The van der Waals surface area contributed by atoms with Crippen LogP contribution >= 0.6 is 11.6 Å². The molecule has 2 heterocycles. The molecule has 8 heteroatoms. The fourth-order valence-corrected chi connectivity index (χ4v) is 2.41. The van der Waals surface area contributed by atoms with Crippen molar-refractivity contribution in [2.24, 2.45) is 7.05 Å². The van der Waals surface area contributed by atoms with E-state index in [1.165, 1.54) is 6.07 Å². The minimum atomic E-state index is -0.914. The summed E-state index contributed by atoms with van der Waals surface area (Å²) in [6, 6.07) is 2.53. The zero-order chi connectivity index (χ0) is 15.0. The molecule has 110 valence electrons. The van der Waals surface area contributed by atoms with E-state index in [9.17, 15) is 8.78 Å². The smallest absolute Gasteiger partial charge is 0.184 e. The molecular formula is C13H12ClF2N5. The molecule has 0 radical (unpaired) electrons. The van der Waals surface area contributed by atoms with E-state index >= 15 is 0 Å². The predicted molar refractivity (Wildman–Crippen MR) is 74.2 cm³/mol. The zero-order valence-corrected chi connectivity index (χ0v) is 12.0. The van der Waals surface area contributed by atoms with Gasteiger partial charge in [-0.1, -0.05) is 0 Å². The van der Waals surface area contributed by atoms with Gasteiger partial charge in [-0.15, -0.1) is 21.8 Å². The molecule has 5 nitrogen and oxygen atoms in total. The molecule has 3 aromatic rings. The van der Waals surface area contributed by atoms with Crippen LogP contribution in [0.3, 0.4) is 0 Å². The maximum absolute atomic E-state index is 14.1. The van der Waals surface area contributed by atoms with Crippen molar-refractivity contribution in [1.29, 1.82) is 0 Å². The van der Waals surface area contributed by atoms with Crippen LogP contribution in [0.1, 0.15) is 11.6 Å². The van der Waals surface area contributed by atoms with Gasteiger partial charge in [-0.2, -0.15) is 0 Å². The van der Waals surface area contributed by atoms with Gasteiger partial charge < -0.3 is 9.13 Å². The van der Waals surface area contributed by atoms with Gasteiger partial charge in [0.2, 0.25) is 0 Å². The molecule has 1 aromatic carbocycles. The molecule has 0 amide bonds. The minimum absolute atomic E-state index is 0.123. The number of halogens is 3. The number of fused-ring (bicyclic) bond motifs is 1. The van der Waals surface area contributed by atoms with Gasteiger partial charge in [0.1, 0.15) is 17.7 Å². The van der Waals surface area contributed by atoms with Gasteiger partial charge in [-0.05, 0) is 12.1 Å². The van der Waals surface area contributed by atoms with E-state index in [1.807, 2.05) is 0 Å². The number of rotatable bonds is 4. The summed E-state index contributed by atoms with van der Waals surface area (Å²) in [5, 5.41) is 7.75. The van der Waals surface area contributed by atoms with Crippen molar-refractivity contribution >= 4 is 22.6 Å². The largest absolute Gasteiger partial charge is 0.319 e.